The van der Waals surface area contributed by atoms with Crippen LogP contribution in [0.2, 0.25) is 5.02 Å². The fourth-order valence-electron chi connectivity index (χ4n) is 4.59. The molecule has 0 N–H and O–H groups in total. The van der Waals surface area contributed by atoms with Crippen LogP contribution in [0, 0.1) is 0 Å². The van der Waals surface area contributed by atoms with E-state index in [2.05, 4.69) is 0 Å². The van der Waals surface area contributed by atoms with E-state index in [0.717, 1.165) is 21.8 Å². The summed E-state index contributed by atoms with van der Waals surface area (Å²) in [5, 5.41) is 0.286. The molecule has 2 aliphatic rings. The summed E-state index contributed by atoms with van der Waals surface area (Å²) in [5.74, 6) is -6.16. The lowest BCUT2D eigenvalue weighted by atomic mass is 9.68. The average Bonchev–Trinajstić information content (AvgIpc) is 3.16. The van der Waals surface area contributed by atoms with E-state index in [1.165, 1.54) is 33.0 Å². The molecule has 7 nitrogen and oxygen atoms in total. The van der Waals surface area contributed by atoms with Gasteiger partial charge in [-0.3, -0.25) is 19.2 Å². The fraction of sp³-hybridized carbons (Fsp3) is 0.273. The molecule has 1 fully saturated rings. The quantitative estimate of drug-likeness (QED) is 0.431. The molecule has 0 spiro atoms. The molecule has 4 rings (SSSR count). The first-order valence-corrected chi connectivity index (χ1v) is 11.4. The standard InChI is InChI=1S/C22H21B3ClF2N3O4/c23-21(8-7-17(32)31(25)19(21)34)29-11-13-9-12(1-6-16(13)18(29)33)10-30(24)20(35)22(27,28)14-2-4-15(26)5-3-14/h1-6,9H,7-8,10-11,23-25H2. The van der Waals surface area contributed by atoms with Crippen LogP contribution in [0.15, 0.2) is 42.5 Å². The smallest absolute Gasteiger partial charge is 0.348 e. The Morgan fingerprint density at radius 1 is 1.14 bits per heavy atom. The molecule has 0 aliphatic carbocycles. The number of alkyl halides is 2. The van der Waals surface area contributed by atoms with Crippen LogP contribution >= 0.6 is 11.6 Å². The van der Waals surface area contributed by atoms with Crippen LogP contribution in [-0.2, 0) is 33.4 Å². The second-order valence-corrected chi connectivity index (χ2v) is 9.59. The van der Waals surface area contributed by atoms with Crippen molar-refractivity contribution >= 4 is 59.0 Å². The van der Waals surface area contributed by atoms with Crippen molar-refractivity contribution in [2.45, 2.75) is 37.3 Å². The number of benzene rings is 2. The molecule has 1 saturated heterocycles. The molecule has 1 atom stereocenters. The first-order valence-electron chi connectivity index (χ1n) is 11.0. The van der Waals surface area contributed by atoms with Crippen LogP contribution < -0.4 is 0 Å². The number of nitrogens with zero attached hydrogens (tertiary/aromatic N) is 3. The maximum absolute atomic E-state index is 14.8. The molecular formula is C22H21B3ClF2N3O4. The minimum Gasteiger partial charge on any atom is -0.384 e. The Morgan fingerprint density at radius 3 is 2.46 bits per heavy atom. The predicted octanol–water partition coefficient (Wildman–Crippen LogP) is -0.00900. The van der Waals surface area contributed by atoms with E-state index in [0.29, 0.717) is 16.7 Å². The molecule has 2 aliphatic heterocycles. The Balaban J connectivity index is 1.51. The average molecular weight is 497 g/mol. The molecule has 4 amide bonds. The highest BCUT2D eigenvalue weighted by molar-refractivity contribution is 6.38. The van der Waals surface area contributed by atoms with Crippen molar-refractivity contribution in [1.82, 2.24) is 14.5 Å². The molecule has 2 aromatic rings. The molecule has 13 heteroatoms. The fourth-order valence-corrected chi connectivity index (χ4v) is 4.71. The van der Waals surface area contributed by atoms with Crippen molar-refractivity contribution in [3.05, 3.63) is 69.7 Å². The van der Waals surface area contributed by atoms with Crippen LogP contribution in [0.3, 0.4) is 0 Å². The lowest BCUT2D eigenvalue weighted by Gasteiger charge is -2.43. The highest BCUT2D eigenvalue weighted by Crippen LogP contribution is 2.35. The van der Waals surface area contributed by atoms with Crippen LogP contribution in [-0.4, -0.2) is 67.4 Å². The summed E-state index contributed by atoms with van der Waals surface area (Å²) < 4.78 is 29.5. The van der Waals surface area contributed by atoms with Gasteiger partial charge < -0.3 is 14.5 Å². The number of amides is 4. The van der Waals surface area contributed by atoms with Gasteiger partial charge in [-0.2, -0.15) is 8.78 Å². The van der Waals surface area contributed by atoms with E-state index < -0.39 is 28.7 Å². The number of carbonyl (C=O) groups excluding carboxylic acids is 4. The van der Waals surface area contributed by atoms with E-state index in [9.17, 15) is 28.0 Å². The number of piperidine rings is 1. The maximum atomic E-state index is 14.8. The number of hydrogen-bond donors (Lipinski definition) is 0. The number of halogens is 3. The van der Waals surface area contributed by atoms with Gasteiger partial charge in [-0.1, -0.05) is 35.9 Å². The molecular weight excluding hydrogens is 476 g/mol. The maximum Gasteiger partial charge on any atom is 0.348 e. The largest absolute Gasteiger partial charge is 0.384 e. The van der Waals surface area contributed by atoms with Crippen LogP contribution in [0.25, 0.3) is 0 Å². The number of fused-ring (bicyclic) bond motifs is 1. The number of rotatable bonds is 5. The number of hydrogen-bond acceptors (Lipinski definition) is 4. The highest BCUT2D eigenvalue weighted by atomic mass is 35.5. The van der Waals surface area contributed by atoms with E-state index in [1.54, 1.807) is 26.0 Å². The summed E-state index contributed by atoms with van der Waals surface area (Å²) in [6, 6.07) is 9.69. The van der Waals surface area contributed by atoms with Gasteiger partial charge in [0.2, 0.25) is 27.8 Å². The monoisotopic (exact) mass is 497 g/mol. The molecule has 2 heterocycles. The number of imide groups is 1. The van der Waals surface area contributed by atoms with Crippen molar-refractivity contribution in [2.24, 2.45) is 0 Å². The summed E-state index contributed by atoms with van der Waals surface area (Å²) in [6.07, 6.45) is 0.372. The van der Waals surface area contributed by atoms with Gasteiger partial charge >= 0.3 is 5.92 Å². The molecule has 0 aromatic heterocycles. The van der Waals surface area contributed by atoms with Gasteiger partial charge in [-0.05, 0) is 35.7 Å². The van der Waals surface area contributed by atoms with Gasteiger partial charge in [-0.25, -0.2) is 0 Å². The zero-order valence-corrected chi connectivity index (χ0v) is 20.2. The zero-order valence-electron chi connectivity index (χ0n) is 19.5. The van der Waals surface area contributed by atoms with Crippen LogP contribution in [0.1, 0.15) is 39.9 Å². The third-order valence-corrected chi connectivity index (χ3v) is 7.03. The summed E-state index contributed by atoms with van der Waals surface area (Å²) in [5.41, 5.74) is -0.0164. The molecule has 35 heavy (non-hydrogen) atoms. The Labute approximate surface area is 208 Å². The molecule has 0 radical (unpaired) electrons. The topological polar surface area (TPSA) is 78.0 Å². The minimum atomic E-state index is -3.73. The second kappa shape index (κ2) is 8.82. The minimum absolute atomic E-state index is 0.100. The van der Waals surface area contributed by atoms with Crippen LogP contribution in [0.4, 0.5) is 8.78 Å². The van der Waals surface area contributed by atoms with Gasteiger partial charge in [0.05, 0.1) is 5.44 Å². The molecule has 2 aromatic carbocycles. The summed E-state index contributed by atoms with van der Waals surface area (Å²) in [4.78, 5) is 53.8. The van der Waals surface area contributed by atoms with Crippen molar-refractivity contribution in [2.75, 3.05) is 0 Å². The van der Waals surface area contributed by atoms with Gasteiger partial charge in [0.1, 0.15) is 7.85 Å². The van der Waals surface area contributed by atoms with Gasteiger partial charge in [0.25, 0.3) is 11.8 Å². The van der Waals surface area contributed by atoms with Crippen molar-refractivity contribution in [3.63, 3.8) is 0 Å². The highest BCUT2D eigenvalue weighted by Gasteiger charge is 2.50. The predicted molar refractivity (Wildman–Crippen MR) is 132 cm³/mol. The number of carbonyl (C=O) groups is 4. The summed E-state index contributed by atoms with van der Waals surface area (Å²) in [7, 11) is 4.33. The Kier molecular flexibility index (Phi) is 6.29. The third-order valence-electron chi connectivity index (χ3n) is 6.78. The molecule has 0 bridgehead atoms. The van der Waals surface area contributed by atoms with E-state index in [4.69, 9.17) is 11.6 Å². The lowest BCUT2D eigenvalue weighted by molar-refractivity contribution is -0.154. The van der Waals surface area contributed by atoms with Crippen molar-refractivity contribution < 1.29 is 28.0 Å². The summed E-state index contributed by atoms with van der Waals surface area (Å²) in [6.45, 7) is 0.0434. The Hall–Kier alpha value is -3.14. The second-order valence-electron chi connectivity index (χ2n) is 9.16. The van der Waals surface area contributed by atoms with Gasteiger partial charge in [-0.15, -0.1) is 0 Å². The third kappa shape index (κ3) is 4.24. The van der Waals surface area contributed by atoms with Crippen LogP contribution in [0.5, 0.6) is 0 Å². The lowest BCUT2D eigenvalue weighted by Crippen LogP contribution is -2.64. The first-order chi connectivity index (χ1) is 16.4. The molecule has 178 valence electrons. The van der Waals surface area contributed by atoms with E-state index in [1.807, 2.05) is 0 Å². The van der Waals surface area contributed by atoms with Crippen molar-refractivity contribution in [1.29, 1.82) is 0 Å². The Bertz CT molecular complexity index is 1250. The van der Waals surface area contributed by atoms with Gasteiger partial charge in [0.15, 0.2) is 0 Å². The molecule has 1 unspecified atom stereocenters. The first kappa shape index (κ1) is 25.0. The SMILES string of the molecule is BN(Cc1ccc2c(c1)CN(C1(B)CCC(=O)N(B)C1=O)C2=O)C(=O)C(F)(F)c1ccc(Cl)cc1. The van der Waals surface area contributed by atoms with E-state index >= 15 is 0 Å². The normalized spacial score (nSPS) is 20.3. The summed E-state index contributed by atoms with van der Waals surface area (Å²) >= 11 is 5.75. The van der Waals surface area contributed by atoms with E-state index in [-0.39, 0.29) is 42.8 Å². The zero-order chi connectivity index (χ0) is 25.7. The molecule has 0 saturated carbocycles. The van der Waals surface area contributed by atoms with Gasteiger partial charge in [0, 0.05) is 35.7 Å². The Morgan fingerprint density at radius 2 is 1.80 bits per heavy atom. The van der Waals surface area contributed by atoms with Crippen molar-refractivity contribution in [3.8, 4) is 0 Å².